The lowest BCUT2D eigenvalue weighted by atomic mass is 10.1. The van der Waals surface area contributed by atoms with E-state index in [1.165, 1.54) is 36.6 Å². The largest absolute Gasteiger partial charge is 0.348 e. The zero-order chi connectivity index (χ0) is 23.3. The van der Waals surface area contributed by atoms with Gasteiger partial charge in [-0.3, -0.25) is 14.4 Å². The lowest BCUT2D eigenvalue weighted by Crippen LogP contribution is -2.25. The second-order valence-electron chi connectivity index (χ2n) is 8.05. The van der Waals surface area contributed by atoms with Crippen LogP contribution in [0.5, 0.6) is 0 Å². The lowest BCUT2D eigenvalue weighted by molar-refractivity contribution is 0.0950. The highest BCUT2D eigenvalue weighted by Crippen LogP contribution is 2.25. The van der Waals surface area contributed by atoms with Gasteiger partial charge in [0.25, 0.3) is 15.9 Å². The Morgan fingerprint density at radius 2 is 1.58 bits per heavy atom. The maximum atomic E-state index is 12.9. The van der Waals surface area contributed by atoms with E-state index in [1.54, 1.807) is 30.3 Å². The van der Waals surface area contributed by atoms with Crippen molar-refractivity contribution in [3.63, 3.8) is 0 Å². The zero-order valence-electron chi connectivity index (χ0n) is 18.1. The van der Waals surface area contributed by atoms with Crippen LogP contribution in [0.15, 0.2) is 77.7 Å². The second kappa shape index (κ2) is 10.4. The predicted octanol–water partition coefficient (Wildman–Crippen LogP) is 4.67. The van der Waals surface area contributed by atoms with E-state index in [0.717, 1.165) is 25.2 Å². The molecule has 6 nitrogen and oxygen atoms in total. The Morgan fingerprint density at radius 1 is 0.909 bits per heavy atom. The highest BCUT2D eigenvalue weighted by atomic mass is 35.5. The number of likely N-dealkylation sites (tertiary alicyclic amines) is 1. The molecule has 33 heavy (non-hydrogen) atoms. The van der Waals surface area contributed by atoms with Crippen LogP contribution in [0, 0.1) is 0 Å². The van der Waals surface area contributed by atoms with Crippen molar-refractivity contribution in [2.24, 2.45) is 0 Å². The van der Waals surface area contributed by atoms with Crippen LogP contribution in [-0.2, 0) is 23.1 Å². The van der Waals surface area contributed by atoms with Crippen LogP contribution in [0.4, 0.5) is 5.69 Å². The summed E-state index contributed by atoms with van der Waals surface area (Å²) in [4.78, 5) is 15.1. The highest BCUT2D eigenvalue weighted by molar-refractivity contribution is 7.92. The first-order valence-electron chi connectivity index (χ1n) is 10.9. The first-order valence-corrected chi connectivity index (χ1v) is 12.7. The summed E-state index contributed by atoms with van der Waals surface area (Å²) in [5, 5.41) is 2.96. The number of halogens is 1. The van der Waals surface area contributed by atoms with Gasteiger partial charge >= 0.3 is 0 Å². The molecule has 2 N–H and O–H groups in total. The van der Waals surface area contributed by atoms with E-state index < -0.39 is 10.0 Å². The molecule has 0 aromatic heterocycles. The monoisotopic (exact) mass is 483 g/mol. The van der Waals surface area contributed by atoms with Gasteiger partial charge in [0.2, 0.25) is 0 Å². The molecule has 1 fully saturated rings. The molecule has 3 aromatic rings. The van der Waals surface area contributed by atoms with Crippen molar-refractivity contribution in [1.82, 2.24) is 10.2 Å². The van der Waals surface area contributed by atoms with Gasteiger partial charge in [-0.15, -0.1) is 0 Å². The van der Waals surface area contributed by atoms with Crippen LogP contribution in [0.3, 0.4) is 0 Å². The van der Waals surface area contributed by atoms with Crippen molar-refractivity contribution in [3.05, 3.63) is 94.5 Å². The molecule has 0 bridgehead atoms. The van der Waals surface area contributed by atoms with Crippen molar-refractivity contribution < 1.29 is 13.2 Å². The Balaban J connectivity index is 1.47. The van der Waals surface area contributed by atoms with Gasteiger partial charge in [0, 0.05) is 24.3 Å². The van der Waals surface area contributed by atoms with Gasteiger partial charge in [0.05, 0.1) is 5.02 Å². The number of sulfonamides is 1. The normalized spacial score (nSPS) is 14.2. The summed E-state index contributed by atoms with van der Waals surface area (Å²) in [6.07, 6.45) is 2.44. The summed E-state index contributed by atoms with van der Waals surface area (Å²) in [6.45, 7) is 3.41. The molecule has 1 aliphatic heterocycles. The standard InChI is InChI=1S/C25H26ClN3O3S/c26-23-13-12-19(16-24(23)33(31,32)28-22-10-2-1-3-11-22)25(30)27-17-20-8-4-5-9-21(20)18-29-14-6-7-15-29/h1-5,8-13,16,28H,6-7,14-15,17-18H2,(H,27,30). The topological polar surface area (TPSA) is 78.5 Å². The van der Waals surface area contributed by atoms with Crippen LogP contribution >= 0.6 is 11.6 Å². The minimum atomic E-state index is -3.95. The molecular weight excluding hydrogens is 458 g/mol. The number of para-hydroxylation sites is 1. The molecule has 1 amide bonds. The van der Waals surface area contributed by atoms with Gasteiger partial charge in [-0.1, -0.05) is 54.1 Å². The Hall–Kier alpha value is -2.87. The summed E-state index contributed by atoms with van der Waals surface area (Å²) < 4.78 is 28.2. The fourth-order valence-electron chi connectivity index (χ4n) is 3.91. The Bertz CT molecular complexity index is 1230. The number of nitrogens with one attached hydrogen (secondary N) is 2. The molecule has 0 unspecified atom stereocenters. The third kappa shape index (κ3) is 5.93. The molecule has 8 heteroatoms. The fraction of sp³-hybridized carbons (Fsp3) is 0.240. The van der Waals surface area contributed by atoms with E-state index in [1.807, 2.05) is 18.2 Å². The molecule has 3 aromatic carbocycles. The molecule has 172 valence electrons. The van der Waals surface area contributed by atoms with Crippen molar-refractivity contribution >= 4 is 33.2 Å². The van der Waals surface area contributed by atoms with Gasteiger partial charge in [0.1, 0.15) is 4.90 Å². The van der Waals surface area contributed by atoms with Gasteiger partial charge < -0.3 is 5.32 Å². The molecule has 4 rings (SSSR count). The zero-order valence-corrected chi connectivity index (χ0v) is 19.7. The number of nitrogens with zero attached hydrogens (tertiary/aromatic N) is 1. The Kier molecular flexibility index (Phi) is 7.33. The second-order valence-corrected chi connectivity index (χ2v) is 10.1. The van der Waals surface area contributed by atoms with Crippen molar-refractivity contribution in [3.8, 4) is 0 Å². The number of carbonyl (C=O) groups is 1. The number of hydrogen-bond donors (Lipinski definition) is 2. The smallest absolute Gasteiger partial charge is 0.263 e. The molecule has 0 saturated carbocycles. The molecule has 0 radical (unpaired) electrons. The van der Waals surface area contributed by atoms with E-state index in [9.17, 15) is 13.2 Å². The van der Waals surface area contributed by atoms with E-state index in [-0.39, 0.29) is 21.4 Å². The number of benzene rings is 3. The molecular formula is C25H26ClN3O3S. The van der Waals surface area contributed by atoms with Gasteiger partial charge in [-0.25, -0.2) is 8.42 Å². The maximum absolute atomic E-state index is 12.9. The fourth-order valence-corrected chi connectivity index (χ4v) is 5.50. The summed E-state index contributed by atoms with van der Waals surface area (Å²) in [5.74, 6) is -0.362. The third-order valence-electron chi connectivity index (χ3n) is 5.66. The van der Waals surface area contributed by atoms with E-state index in [2.05, 4.69) is 21.0 Å². The molecule has 1 heterocycles. The van der Waals surface area contributed by atoms with Crippen LogP contribution in [0.1, 0.15) is 34.3 Å². The minimum Gasteiger partial charge on any atom is -0.348 e. The number of anilines is 1. The first-order chi connectivity index (χ1) is 15.9. The molecule has 0 spiro atoms. The summed E-state index contributed by atoms with van der Waals surface area (Å²) in [6, 6.07) is 20.8. The van der Waals surface area contributed by atoms with Crippen LogP contribution < -0.4 is 10.0 Å². The van der Waals surface area contributed by atoms with E-state index in [4.69, 9.17) is 11.6 Å². The van der Waals surface area contributed by atoms with Crippen LogP contribution in [-0.4, -0.2) is 32.3 Å². The Labute approximate surface area is 199 Å². The van der Waals surface area contributed by atoms with Crippen LogP contribution in [0.2, 0.25) is 5.02 Å². The van der Waals surface area contributed by atoms with Crippen molar-refractivity contribution in [2.75, 3.05) is 17.8 Å². The lowest BCUT2D eigenvalue weighted by Gasteiger charge is -2.18. The van der Waals surface area contributed by atoms with Gasteiger partial charge in [-0.05, 0) is 67.4 Å². The summed E-state index contributed by atoms with van der Waals surface area (Å²) >= 11 is 6.17. The van der Waals surface area contributed by atoms with Gasteiger partial charge in [-0.2, -0.15) is 0 Å². The number of carbonyl (C=O) groups excluding carboxylic acids is 1. The predicted molar refractivity (Wildman–Crippen MR) is 131 cm³/mol. The summed E-state index contributed by atoms with van der Waals surface area (Å²) in [5.41, 5.74) is 2.87. The highest BCUT2D eigenvalue weighted by Gasteiger charge is 2.21. The quantitative estimate of drug-likeness (QED) is 0.488. The van der Waals surface area contributed by atoms with Crippen LogP contribution in [0.25, 0.3) is 0 Å². The molecule has 1 aliphatic rings. The van der Waals surface area contributed by atoms with E-state index >= 15 is 0 Å². The number of rotatable bonds is 8. The Morgan fingerprint density at radius 3 is 2.30 bits per heavy atom. The minimum absolute atomic E-state index is 0.0472. The average Bonchev–Trinajstić information content (AvgIpc) is 3.32. The number of hydrogen-bond acceptors (Lipinski definition) is 4. The number of amides is 1. The average molecular weight is 484 g/mol. The summed E-state index contributed by atoms with van der Waals surface area (Å²) in [7, 11) is -3.95. The molecule has 0 atom stereocenters. The van der Waals surface area contributed by atoms with Gasteiger partial charge in [0.15, 0.2) is 0 Å². The van der Waals surface area contributed by atoms with Crippen molar-refractivity contribution in [2.45, 2.75) is 30.8 Å². The van der Waals surface area contributed by atoms with Crippen molar-refractivity contribution in [1.29, 1.82) is 0 Å². The SMILES string of the molecule is O=C(NCc1ccccc1CN1CCCC1)c1ccc(Cl)c(S(=O)(=O)Nc2ccccc2)c1. The maximum Gasteiger partial charge on any atom is 0.263 e. The molecule has 1 saturated heterocycles. The third-order valence-corrected chi connectivity index (χ3v) is 7.52. The van der Waals surface area contributed by atoms with E-state index in [0.29, 0.717) is 12.2 Å². The molecule has 0 aliphatic carbocycles. The first kappa shape index (κ1) is 23.3.